The Hall–Kier alpha value is -1.39. The summed E-state index contributed by atoms with van der Waals surface area (Å²) in [6.07, 6.45) is 0.876. The van der Waals surface area contributed by atoms with Gasteiger partial charge in [0.2, 0.25) is 5.85 Å². The number of aliphatic hydroxyl groups is 3. The molecule has 5 N–H and O–H groups in total. The molecule has 0 aliphatic carbocycles. The molecule has 0 saturated carbocycles. The Balaban J connectivity index is 4.31. The van der Waals surface area contributed by atoms with Gasteiger partial charge in [-0.25, -0.2) is 4.39 Å². The Morgan fingerprint density at radius 2 is 1.29 bits per heavy atom. The average Bonchev–Trinajstić information content (AvgIpc) is 3.04. The number of nitrogens with two attached hydrogens (primary N) is 1. The van der Waals surface area contributed by atoms with Gasteiger partial charge in [-0.3, -0.25) is 4.39 Å². The summed E-state index contributed by atoms with van der Waals surface area (Å²) in [6, 6.07) is 1.96. The highest BCUT2D eigenvalue weighted by molar-refractivity contribution is 4.91. The Kier molecular flexibility index (Phi) is 25.6. The minimum Gasteiger partial charge on any atom is -0.391 e. The van der Waals surface area contributed by atoms with Gasteiger partial charge in [-0.05, 0) is 47.0 Å². The van der Waals surface area contributed by atoms with Crippen LogP contribution in [-0.4, -0.2) is 143 Å². The predicted octanol–water partition coefficient (Wildman–Crippen LogP) is 2.98. The van der Waals surface area contributed by atoms with Crippen molar-refractivity contribution in [3.8, 4) is 6.07 Å². The molecule has 0 heterocycles. The molecule has 0 aliphatic heterocycles. The zero-order valence-electron chi connectivity index (χ0n) is 30.3. The summed E-state index contributed by atoms with van der Waals surface area (Å²) in [5, 5.41) is 38.2. The van der Waals surface area contributed by atoms with Crippen molar-refractivity contribution in [1.29, 1.82) is 5.26 Å². The molecule has 290 valence electrons. The second kappa shape index (κ2) is 26.4. The lowest BCUT2D eigenvalue weighted by atomic mass is 9.82. The monoisotopic (exact) mass is 714 g/mol. The van der Waals surface area contributed by atoms with E-state index in [-0.39, 0.29) is 92.1 Å². The third kappa shape index (κ3) is 24.4. The lowest BCUT2D eigenvalue weighted by molar-refractivity contribution is -0.193. The molecule has 0 spiro atoms. The van der Waals surface area contributed by atoms with Crippen molar-refractivity contribution in [2.45, 2.75) is 102 Å². The fourth-order valence-corrected chi connectivity index (χ4v) is 3.84. The van der Waals surface area contributed by atoms with E-state index >= 15 is 0 Å². The highest BCUT2D eigenvalue weighted by Crippen LogP contribution is 2.34. The quantitative estimate of drug-likeness (QED) is 0.0434. The summed E-state index contributed by atoms with van der Waals surface area (Å²) in [4.78, 5) is 0. The first kappa shape index (κ1) is 47.6. The molecule has 0 amide bonds. The first-order valence-corrected chi connectivity index (χ1v) is 16.9. The summed E-state index contributed by atoms with van der Waals surface area (Å²) in [6.45, 7) is 12.1. The summed E-state index contributed by atoms with van der Waals surface area (Å²) in [7, 11) is 0. The Bertz CT molecular complexity index is 880. The SMILES string of the molecule is C=CCCOCC(O)COCCC(O)COCCOC(C)(F)CCOC(C)(N)C(C)(CF)COC(C)(C)CCOCC(O)COCCC#N. The first-order chi connectivity index (χ1) is 23.0. The lowest BCUT2D eigenvalue weighted by Crippen LogP contribution is -2.58. The highest BCUT2D eigenvalue weighted by Gasteiger charge is 2.45. The van der Waals surface area contributed by atoms with E-state index in [0.717, 1.165) is 0 Å². The molecule has 0 aromatic rings. The summed E-state index contributed by atoms with van der Waals surface area (Å²) in [5.74, 6) is -2.07. The maximum Gasteiger partial charge on any atom is 0.208 e. The topological polar surface area (TPSA) is 184 Å². The Labute approximate surface area is 291 Å². The van der Waals surface area contributed by atoms with E-state index in [2.05, 4.69) is 6.58 Å². The van der Waals surface area contributed by atoms with Crippen LogP contribution in [0.25, 0.3) is 0 Å². The minimum absolute atomic E-state index is 0.00877. The Morgan fingerprint density at radius 1 is 0.735 bits per heavy atom. The molecule has 0 saturated heterocycles. The highest BCUT2D eigenvalue weighted by atomic mass is 19.2. The number of alkyl halides is 2. The van der Waals surface area contributed by atoms with E-state index in [9.17, 15) is 24.1 Å². The van der Waals surface area contributed by atoms with Gasteiger partial charge in [0.25, 0.3) is 0 Å². The molecule has 0 fully saturated rings. The molecule has 0 rings (SSSR count). The zero-order chi connectivity index (χ0) is 37.2. The molecule has 6 atom stereocenters. The van der Waals surface area contributed by atoms with Gasteiger partial charge in [0.15, 0.2) is 0 Å². The number of hydrogen-bond acceptors (Lipinski definition) is 13. The standard InChI is InChI=1S/C34H64F2N2O11/c1-7-8-14-42-22-29(40)24-44-16-10-28(39)21-46-19-20-47-33(5,36)12-18-48-34(6,38)32(4,26-35)27-49-31(2,3)11-17-45-25-30(41)23-43-15-9-13-37/h7,28-30,39-41H,1,8-12,14-27,38H2,2-6H3. The second-order valence-electron chi connectivity index (χ2n) is 13.3. The number of halogens is 2. The number of aliphatic hydroxyl groups excluding tert-OH is 3. The average molecular weight is 715 g/mol. The molecule has 0 bridgehead atoms. The summed E-state index contributed by atoms with van der Waals surface area (Å²) in [5.41, 5.74) is 2.91. The molecule has 6 unspecified atom stereocenters. The molecular formula is C34H64F2N2O11. The van der Waals surface area contributed by atoms with Crippen molar-refractivity contribution in [2.24, 2.45) is 11.1 Å². The molecule has 0 radical (unpaired) electrons. The molecule has 49 heavy (non-hydrogen) atoms. The second-order valence-corrected chi connectivity index (χ2v) is 13.3. The van der Waals surface area contributed by atoms with Crippen LogP contribution in [0.3, 0.4) is 0 Å². The molecule has 15 heteroatoms. The van der Waals surface area contributed by atoms with Crippen molar-refractivity contribution in [1.82, 2.24) is 0 Å². The molecule has 0 aliphatic rings. The van der Waals surface area contributed by atoms with Crippen LogP contribution in [-0.2, 0) is 37.9 Å². The van der Waals surface area contributed by atoms with Crippen LogP contribution in [0.4, 0.5) is 8.78 Å². The van der Waals surface area contributed by atoms with Gasteiger partial charge >= 0.3 is 0 Å². The van der Waals surface area contributed by atoms with Crippen LogP contribution < -0.4 is 5.73 Å². The molecular weight excluding hydrogens is 650 g/mol. The van der Waals surface area contributed by atoms with Crippen molar-refractivity contribution in [3.05, 3.63) is 12.7 Å². The number of nitriles is 1. The van der Waals surface area contributed by atoms with Crippen molar-refractivity contribution < 1.29 is 62.0 Å². The van der Waals surface area contributed by atoms with Crippen LogP contribution in [0.5, 0.6) is 0 Å². The maximum absolute atomic E-state index is 15.0. The van der Waals surface area contributed by atoms with Gasteiger partial charge in [0.1, 0.15) is 24.6 Å². The van der Waals surface area contributed by atoms with Crippen LogP contribution in [0.1, 0.15) is 66.7 Å². The van der Waals surface area contributed by atoms with Crippen LogP contribution in [0.2, 0.25) is 0 Å². The van der Waals surface area contributed by atoms with Gasteiger partial charge in [0, 0.05) is 19.6 Å². The normalized spacial score (nSPS) is 17.8. The third-order valence-electron chi connectivity index (χ3n) is 7.68. The lowest BCUT2D eigenvalue weighted by Gasteiger charge is -2.43. The van der Waals surface area contributed by atoms with Gasteiger partial charge in [0.05, 0.1) is 102 Å². The van der Waals surface area contributed by atoms with E-state index in [4.69, 9.17) is 48.9 Å². The fourth-order valence-electron chi connectivity index (χ4n) is 3.84. The van der Waals surface area contributed by atoms with Crippen LogP contribution in [0, 0.1) is 16.7 Å². The fraction of sp³-hybridized carbons (Fsp3) is 0.912. The van der Waals surface area contributed by atoms with E-state index in [0.29, 0.717) is 25.9 Å². The van der Waals surface area contributed by atoms with E-state index in [1.807, 2.05) is 19.9 Å². The van der Waals surface area contributed by atoms with Crippen molar-refractivity contribution >= 4 is 0 Å². The van der Waals surface area contributed by atoms with E-state index in [1.54, 1.807) is 13.0 Å². The third-order valence-corrected chi connectivity index (χ3v) is 7.68. The van der Waals surface area contributed by atoms with Gasteiger partial charge < -0.3 is 58.9 Å². The predicted molar refractivity (Wildman–Crippen MR) is 179 cm³/mol. The minimum atomic E-state index is -2.07. The van der Waals surface area contributed by atoms with Crippen molar-refractivity contribution in [3.63, 3.8) is 0 Å². The van der Waals surface area contributed by atoms with Crippen LogP contribution in [0.15, 0.2) is 12.7 Å². The molecule has 0 aromatic carbocycles. The zero-order valence-corrected chi connectivity index (χ0v) is 30.3. The van der Waals surface area contributed by atoms with E-state index in [1.165, 1.54) is 13.8 Å². The first-order valence-electron chi connectivity index (χ1n) is 16.9. The van der Waals surface area contributed by atoms with E-state index < -0.39 is 47.6 Å². The molecule has 13 nitrogen and oxygen atoms in total. The van der Waals surface area contributed by atoms with Gasteiger partial charge in [-0.2, -0.15) is 5.26 Å². The largest absolute Gasteiger partial charge is 0.391 e. The number of rotatable bonds is 34. The smallest absolute Gasteiger partial charge is 0.208 e. The summed E-state index contributed by atoms with van der Waals surface area (Å²) >= 11 is 0. The Morgan fingerprint density at radius 3 is 1.88 bits per heavy atom. The van der Waals surface area contributed by atoms with Gasteiger partial charge in [-0.15, -0.1) is 6.58 Å². The molecule has 0 aromatic heterocycles. The number of hydrogen-bond donors (Lipinski definition) is 4. The van der Waals surface area contributed by atoms with Crippen LogP contribution >= 0.6 is 0 Å². The number of ether oxygens (including phenoxy) is 8. The van der Waals surface area contributed by atoms with Gasteiger partial charge in [-0.1, -0.05) is 13.0 Å². The summed E-state index contributed by atoms with van der Waals surface area (Å²) < 4.78 is 73.0. The number of nitrogens with zero attached hydrogens (tertiary/aromatic N) is 1. The maximum atomic E-state index is 15.0. The van der Waals surface area contributed by atoms with Crippen molar-refractivity contribution in [2.75, 3.05) is 92.6 Å².